The van der Waals surface area contributed by atoms with Crippen LogP contribution in [0.5, 0.6) is 0 Å². The second-order valence-electron chi connectivity index (χ2n) is 6.11. The summed E-state index contributed by atoms with van der Waals surface area (Å²) in [5, 5.41) is 2.22. The number of halogens is 3. The van der Waals surface area contributed by atoms with Crippen LogP contribution < -0.4 is 5.56 Å². The molecule has 0 amide bonds. The molecule has 0 aliphatic heterocycles. The molecule has 2 heterocycles. The van der Waals surface area contributed by atoms with Gasteiger partial charge in [-0.05, 0) is 46.8 Å². The Morgan fingerprint density at radius 1 is 0.929 bits per heavy atom. The van der Waals surface area contributed by atoms with Gasteiger partial charge in [-0.15, -0.1) is 11.3 Å². The molecule has 0 saturated carbocycles. The molecule has 0 radical (unpaired) electrons. The standard InChI is InChI=1S/C20H13F3N2OS2/c21-14-3-1-12(2-4-14)10-25-19(26)18-17(5-6-27-18)24-20(25)28-11-13-7-15(22)9-16(23)8-13/h1-9H,10-11H2. The average Bonchev–Trinajstić information content (AvgIpc) is 3.12. The monoisotopic (exact) mass is 418 g/mol. The van der Waals surface area contributed by atoms with Gasteiger partial charge >= 0.3 is 0 Å². The Morgan fingerprint density at radius 2 is 1.64 bits per heavy atom. The van der Waals surface area contributed by atoms with Crippen molar-refractivity contribution >= 4 is 33.3 Å². The maximum absolute atomic E-state index is 13.4. The number of thioether (sulfide) groups is 1. The normalized spacial score (nSPS) is 11.2. The molecule has 0 aliphatic carbocycles. The maximum atomic E-state index is 13.4. The van der Waals surface area contributed by atoms with Gasteiger partial charge in [-0.25, -0.2) is 18.2 Å². The highest BCUT2D eigenvalue weighted by molar-refractivity contribution is 7.98. The third-order valence-corrected chi connectivity index (χ3v) is 6.01. The summed E-state index contributed by atoms with van der Waals surface area (Å²) < 4.78 is 42.1. The van der Waals surface area contributed by atoms with E-state index in [1.165, 1.54) is 51.9 Å². The first kappa shape index (κ1) is 18.8. The van der Waals surface area contributed by atoms with Gasteiger partial charge in [-0.1, -0.05) is 23.9 Å². The lowest BCUT2D eigenvalue weighted by molar-refractivity contribution is 0.581. The zero-order valence-electron chi connectivity index (χ0n) is 14.4. The van der Waals surface area contributed by atoms with Crippen molar-refractivity contribution in [3.05, 3.63) is 92.8 Å². The van der Waals surface area contributed by atoms with E-state index in [0.29, 0.717) is 20.9 Å². The van der Waals surface area contributed by atoms with E-state index in [0.717, 1.165) is 11.6 Å². The minimum Gasteiger partial charge on any atom is -0.282 e. The van der Waals surface area contributed by atoms with Crippen LogP contribution in [0.3, 0.4) is 0 Å². The van der Waals surface area contributed by atoms with Gasteiger partial charge in [0, 0.05) is 11.8 Å². The SMILES string of the molecule is O=c1c2sccc2nc(SCc2cc(F)cc(F)c2)n1Cc1ccc(F)cc1. The lowest BCUT2D eigenvalue weighted by Gasteiger charge is -2.12. The van der Waals surface area contributed by atoms with Crippen molar-refractivity contribution in [2.75, 3.05) is 0 Å². The number of nitrogens with zero attached hydrogens (tertiary/aromatic N) is 2. The first-order valence-corrected chi connectivity index (χ1v) is 10.2. The number of fused-ring (bicyclic) bond motifs is 1. The van der Waals surface area contributed by atoms with E-state index in [9.17, 15) is 18.0 Å². The van der Waals surface area contributed by atoms with Gasteiger partial charge < -0.3 is 0 Å². The lowest BCUT2D eigenvalue weighted by Crippen LogP contribution is -2.23. The fourth-order valence-corrected chi connectivity index (χ4v) is 4.49. The molecular formula is C20H13F3N2OS2. The van der Waals surface area contributed by atoms with Gasteiger partial charge in [0.25, 0.3) is 5.56 Å². The van der Waals surface area contributed by atoms with Crippen LogP contribution in [0.1, 0.15) is 11.1 Å². The van der Waals surface area contributed by atoms with Crippen LogP contribution in [-0.2, 0) is 12.3 Å². The Kier molecular flexibility index (Phi) is 5.23. The van der Waals surface area contributed by atoms with E-state index >= 15 is 0 Å². The predicted octanol–water partition coefficient (Wildman–Crippen LogP) is 5.22. The summed E-state index contributed by atoms with van der Waals surface area (Å²) in [6.07, 6.45) is 0. The van der Waals surface area contributed by atoms with Crippen molar-refractivity contribution in [3.8, 4) is 0 Å². The van der Waals surface area contributed by atoms with Crippen LogP contribution in [-0.4, -0.2) is 9.55 Å². The van der Waals surface area contributed by atoms with Crippen molar-refractivity contribution in [1.82, 2.24) is 9.55 Å². The number of thiophene rings is 1. The molecule has 0 aliphatic rings. The summed E-state index contributed by atoms with van der Waals surface area (Å²) in [4.78, 5) is 17.5. The minimum absolute atomic E-state index is 0.197. The number of aromatic nitrogens is 2. The van der Waals surface area contributed by atoms with Gasteiger partial charge in [0.2, 0.25) is 0 Å². The highest BCUT2D eigenvalue weighted by Crippen LogP contribution is 2.25. The third kappa shape index (κ3) is 3.98. The molecule has 8 heteroatoms. The van der Waals surface area contributed by atoms with Crippen LogP contribution in [0.15, 0.2) is 63.9 Å². The zero-order chi connectivity index (χ0) is 19.7. The molecule has 4 aromatic rings. The Labute approximate surface area is 166 Å². The summed E-state index contributed by atoms with van der Waals surface area (Å²) in [5.74, 6) is -1.41. The van der Waals surface area contributed by atoms with E-state index in [1.807, 2.05) is 0 Å². The van der Waals surface area contributed by atoms with E-state index in [4.69, 9.17) is 0 Å². The number of rotatable bonds is 5. The fourth-order valence-electron chi connectivity index (χ4n) is 2.79. The summed E-state index contributed by atoms with van der Waals surface area (Å²) >= 11 is 2.53. The molecule has 4 rings (SSSR count). The predicted molar refractivity (Wildman–Crippen MR) is 105 cm³/mol. The summed E-state index contributed by atoms with van der Waals surface area (Å²) in [5.41, 5.74) is 1.59. The second kappa shape index (κ2) is 7.81. The molecule has 0 spiro atoms. The number of hydrogen-bond acceptors (Lipinski definition) is 4. The molecule has 142 valence electrons. The Morgan fingerprint density at radius 3 is 2.36 bits per heavy atom. The second-order valence-corrected chi connectivity index (χ2v) is 7.97. The highest BCUT2D eigenvalue weighted by atomic mass is 32.2. The molecule has 3 nitrogen and oxygen atoms in total. The molecule has 2 aromatic heterocycles. The molecule has 0 unspecified atom stereocenters. The number of hydrogen-bond donors (Lipinski definition) is 0. The summed E-state index contributed by atoms with van der Waals surface area (Å²) in [6, 6.07) is 11.0. The van der Waals surface area contributed by atoms with Crippen LogP contribution in [0.4, 0.5) is 13.2 Å². The summed E-state index contributed by atoms with van der Waals surface area (Å²) in [6.45, 7) is 0.222. The van der Waals surface area contributed by atoms with Gasteiger partial charge in [-0.2, -0.15) is 0 Å². The van der Waals surface area contributed by atoms with Crippen molar-refractivity contribution < 1.29 is 13.2 Å². The molecule has 0 atom stereocenters. The van der Waals surface area contributed by atoms with Crippen LogP contribution >= 0.6 is 23.1 Å². The van der Waals surface area contributed by atoms with Crippen molar-refractivity contribution in [2.24, 2.45) is 0 Å². The highest BCUT2D eigenvalue weighted by Gasteiger charge is 2.14. The summed E-state index contributed by atoms with van der Waals surface area (Å²) in [7, 11) is 0. The maximum Gasteiger partial charge on any atom is 0.272 e. The Bertz CT molecular complexity index is 1180. The topological polar surface area (TPSA) is 34.9 Å². The van der Waals surface area contributed by atoms with E-state index < -0.39 is 11.6 Å². The average molecular weight is 418 g/mol. The van der Waals surface area contributed by atoms with Crippen molar-refractivity contribution in [3.63, 3.8) is 0 Å². The number of benzene rings is 2. The molecule has 2 aromatic carbocycles. The van der Waals surface area contributed by atoms with Gasteiger partial charge in [0.05, 0.1) is 12.1 Å². The van der Waals surface area contributed by atoms with Crippen LogP contribution in [0.2, 0.25) is 0 Å². The fraction of sp³-hybridized carbons (Fsp3) is 0.100. The van der Waals surface area contributed by atoms with E-state index in [-0.39, 0.29) is 23.7 Å². The molecule has 0 fully saturated rings. The smallest absolute Gasteiger partial charge is 0.272 e. The molecular weight excluding hydrogens is 405 g/mol. The zero-order valence-corrected chi connectivity index (χ0v) is 16.0. The molecule has 0 saturated heterocycles. The molecule has 28 heavy (non-hydrogen) atoms. The Hall–Kier alpha value is -2.58. The van der Waals surface area contributed by atoms with Crippen LogP contribution in [0, 0.1) is 17.5 Å². The van der Waals surface area contributed by atoms with Crippen LogP contribution in [0.25, 0.3) is 10.2 Å². The van der Waals surface area contributed by atoms with Crippen molar-refractivity contribution in [2.45, 2.75) is 17.5 Å². The first-order valence-electron chi connectivity index (χ1n) is 8.30. The van der Waals surface area contributed by atoms with Gasteiger partial charge in [0.1, 0.15) is 22.2 Å². The van der Waals surface area contributed by atoms with Crippen molar-refractivity contribution in [1.29, 1.82) is 0 Å². The molecule has 0 bridgehead atoms. The van der Waals surface area contributed by atoms with Gasteiger partial charge in [0.15, 0.2) is 5.16 Å². The van der Waals surface area contributed by atoms with E-state index in [1.54, 1.807) is 23.6 Å². The Balaban J connectivity index is 1.71. The third-order valence-electron chi connectivity index (χ3n) is 4.08. The molecule has 0 N–H and O–H groups in total. The first-order chi connectivity index (χ1) is 13.5. The van der Waals surface area contributed by atoms with Gasteiger partial charge in [-0.3, -0.25) is 9.36 Å². The lowest BCUT2D eigenvalue weighted by atomic mass is 10.2. The quantitative estimate of drug-likeness (QED) is 0.329. The van der Waals surface area contributed by atoms with E-state index in [2.05, 4.69) is 4.98 Å². The largest absolute Gasteiger partial charge is 0.282 e. The minimum atomic E-state index is -0.652.